The van der Waals surface area contributed by atoms with Crippen LogP contribution in [0.2, 0.25) is 0 Å². The molecule has 1 aliphatic heterocycles. The molecule has 0 saturated carbocycles. The maximum Gasteiger partial charge on any atom is 0.331 e. The van der Waals surface area contributed by atoms with Gasteiger partial charge in [-0.05, 0) is 49.1 Å². The van der Waals surface area contributed by atoms with Crippen molar-refractivity contribution in [3.8, 4) is 11.5 Å². The highest BCUT2D eigenvalue weighted by Gasteiger charge is 2.18. The van der Waals surface area contributed by atoms with Crippen LogP contribution in [-0.2, 0) is 14.3 Å². The van der Waals surface area contributed by atoms with E-state index in [1.807, 2.05) is 30.5 Å². The summed E-state index contributed by atoms with van der Waals surface area (Å²) in [6.45, 7) is 2.48. The Morgan fingerprint density at radius 2 is 1.82 bits per heavy atom. The molecule has 0 fully saturated rings. The summed E-state index contributed by atoms with van der Waals surface area (Å²) in [5.41, 5.74) is 1.42. The van der Waals surface area contributed by atoms with Gasteiger partial charge in [-0.15, -0.1) is 11.8 Å². The second kappa shape index (κ2) is 9.32. The number of benzene rings is 2. The molecule has 3 rings (SSSR count). The zero-order valence-electron chi connectivity index (χ0n) is 15.6. The Hall–Kier alpha value is -2.93. The number of rotatable bonds is 6. The number of anilines is 1. The van der Waals surface area contributed by atoms with Crippen LogP contribution in [0, 0.1) is 0 Å². The number of amides is 1. The van der Waals surface area contributed by atoms with E-state index in [9.17, 15) is 9.59 Å². The van der Waals surface area contributed by atoms with E-state index in [2.05, 4.69) is 5.32 Å². The average molecular weight is 399 g/mol. The Kier molecular flexibility index (Phi) is 6.60. The van der Waals surface area contributed by atoms with Crippen molar-refractivity contribution in [2.75, 3.05) is 24.8 Å². The monoisotopic (exact) mass is 399 g/mol. The predicted molar refractivity (Wildman–Crippen MR) is 109 cm³/mol. The van der Waals surface area contributed by atoms with Gasteiger partial charge in [0.1, 0.15) is 13.2 Å². The maximum atomic E-state index is 12.3. The normalized spacial score (nSPS) is 13.8. The van der Waals surface area contributed by atoms with Crippen LogP contribution in [0.4, 0.5) is 5.69 Å². The van der Waals surface area contributed by atoms with Crippen LogP contribution in [0.15, 0.2) is 53.4 Å². The summed E-state index contributed by atoms with van der Waals surface area (Å²) in [6.07, 6.45) is 4.02. The molecule has 28 heavy (non-hydrogen) atoms. The summed E-state index contributed by atoms with van der Waals surface area (Å²) in [4.78, 5) is 25.4. The first-order valence-electron chi connectivity index (χ1n) is 8.78. The van der Waals surface area contributed by atoms with Gasteiger partial charge in [-0.3, -0.25) is 4.79 Å². The van der Waals surface area contributed by atoms with E-state index >= 15 is 0 Å². The number of carbonyl (C=O) groups excluding carboxylic acids is 2. The van der Waals surface area contributed by atoms with Crippen LogP contribution >= 0.6 is 11.8 Å². The molecular formula is C21H21NO5S. The summed E-state index contributed by atoms with van der Waals surface area (Å²) in [5, 5.41) is 2.71. The molecule has 7 heteroatoms. The van der Waals surface area contributed by atoms with Crippen LogP contribution < -0.4 is 14.8 Å². The Labute approximate surface area is 167 Å². The van der Waals surface area contributed by atoms with Gasteiger partial charge in [-0.2, -0.15) is 0 Å². The fourth-order valence-corrected chi connectivity index (χ4v) is 2.92. The summed E-state index contributed by atoms with van der Waals surface area (Å²) in [5.74, 6) is 0.199. The number of esters is 1. The fourth-order valence-electron chi connectivity index (χ4n) is 2.51. The molecule has 0 aromatic heterocycles. The Bertz CT molecular complexity index is 879. The van der Waals surface area contributed by atoms with E-state index in [4.69, 9.17) is 14.2 Å². The van der Waals surface area contributed by atoms with Crippen LogP contribution in [-0.4, -0.2) is 37.4 Å². The lowest BCUT2D eigenvalue weighted by Crippen LogP contribution is -2.29. The van der Waals surface area contributed by atoms with Crippen LogP contribution in [0.3, 0.4) is 0 Å². The van der Waals surface area contributed by atoms with Crippen molar-refractivity contribution in [3.63, 3.8) is 0 Å². The lowest BCUT2D eigenvalue weighted by molar-refractivity contribution is -0.148. The third-order valence-corrected chi connectivity index (χ3v) is 4.74. The standard InChI is InChI=1S/C21H21NO5S/c1-14(27-20(23)10-5-15-3-7-17(28-2)8-4-15)21(24)22-16-6-9-18-19(13-16)26-12-11-25-18/h3-10,13-14H,11-12H2,1-2H3,(H,22,24)/b10-5+. The highest BCUT2D eigenvalue weighted by molar-refractivity contribution is 7.98. The number of ether oxygens (including phenoxy) is 3. The van der Waals surface area contributed by atoms with Crippen molar-refractivity contribution in [1.29, 1.82) is 0 Å². The Balaban J connectivity index is 1.53. The number of carbonyl (C=O) groups is 2. The van der Waals surface area contributed by atoms with Gasteiger partial charge in [0.2, 0.25) is 0 Å². The number of hydrogen-bond donors (Lipinski definition) is 1. The zero-order chi connectivity index (χ0) is 19.9. The Morgan fingerprint density at radius 3 is 2.54 bits per heavy atom. The average Bonchev–Trinajstić information content (AvgIpc) is 2.72. The van der Waals surface area contributed by atoms with Gasteiger partial charge in [-0.25, -0.2) is 4.79 Å². The smallest absolute Gasteiger partial charge is 0.331 e. The van der Waals surface area contributed by atoms with Gasteiger partial charge in [0.05, 0.1) is 0 Å². The molecule has 1 heterocycles. The Morgan fingerprint density at radius 1 is 1.11 bits per heavy atom. The summed E-state index contributed by atoms with van der Waals surface area (Å²) in [7, 11) is 0. The third-order valence-electron chi connectivity index (χ3n) is 4.00. The summed E-state index contributed by atoms with van der Waals surface area (Å²) in [6, 6.07) is 12.9. The second-order valence-corrected chi connectivity index (χ2v) is 6.91. The zero-order valence-corrected chi connectivity index (χ0v) is 16.5. The van der Waals surface area contributed by atoms with E-state index in [1.165, 1.54) is 13.0 Å². The quantitative estimate of drug-likeness (QED) is 0.453. The third kappa shape index (κ3) is 5.29. The molecule has 0 spiro atoms. The molecule has 0 bridgehead atoms. The topological polar surface area (TPSA) is 73.9 Å². The van der Waals surface area contributed by atoms with Crippen molar-refractivity contribution < 1.29 is 23.8 Å². The molecular weight excluding hydrogens is 378 g/mol. The van der Waals surface area contributed by atoms with Gasteiger partial charge in [0, 0.05) is 22.7 Å². The van der Waals surface area contributed by atoms with E-state index in [0.29, 0.717) is 30.4 Å². The predicted octanol–water partition coefficient (Wildman–Crippen LogP) is 3.76. The van der Waals surface area contributed by atoms with Crippen molar-refractivity contribution in [2.24, 2.45) is 0 Å². The van der Waals surface area contributed by atoms with Crippen LogP contribution in [0.1, 0.15) is 12.5 Å². The first kappa shape index (κ1) is 19.8. The SMILES string of the molecule is CSc1ccc(/C=C/C(=O)OC(C)C(=O)Nc2ccc3c(c2)OCCO3)cc1. The van der Waals surface area contributed by atoms with Gasteiger partial charge >= 0.3 is 5.97 Å². The number of fused-ring (bicyclic) bond motifs is 1. The van der Waals surface area contributed by atoms with Crippen molar-refractivity contribution >= 4 is 35.4 Å². The van der Waals surface area contributed by atoms with E-state index < -0.39 is 18.0 Å². The lowest BCUT2D eigenvalue weighted by atomic mass is 10.2. The molecule has 2 aromatic carbocycles. The highest BCUT2D eigenvalue weighted by atomic mass is 32.2. The van der Waals surface area contributed by atoms with Crippen molar-refractivity contribution in [2.45, 2.75) is 17.9 Å². The van der Waals surface area contributed by atoms with Crippen molar-refractivity contribution in [1.82, 2.24) is 0 Å². The lowest BCUT2D eigenvalue weighted by Gasteiger charge is -2.19. The molecule has 0 saturated heterocycles. The summed E-state index contributed by atoms with van der Waals surface area (Å²) >= 11 is 1.65. The largest absolute Gasteiger partial charge is 0.486 e. The molecule has 1 amide bonds. The molecule has 6 nitrogen and oxygen atoms in total. The van der Waals surface area contributed by atoms with Crippen LogP contribution in [0.5, 0.6) is 11.5 Å². The minimum absolute atomic E-state index is 0.428. The maximum absolute atomic E-state index is 12.3. The molecule has 146 valence electrons. The van der Waals surface area contributed by atoms with Crippen molar-refractivity contribution in [3.05, 3.63) is 54.1 Å². The first-order chi connectivity index (χ1) is 13.5. The molecule has 2 aromatic rings. The molecule has 0 radical (unpaired) electrons. The van der Waals surface area contributed by atoms with Gasteiger partial charge in [-0.1, -0.05) is 12.1 Å². The van der Waals surface area contributed by atoms with E-state index in [-0.39, 0.29) is 0 Å². The van der Waals surface area contributed by atoms with Gasteiger partial charge < -0.3 is 19.5 Å². The minimum atomic E-state index is -0.941. The number of nitrogens with one attached hydrogen (secondary N) is 1. The molecule has 1 unspecified atom stereocenters. The van der Waals surface area contributed by atoms with E-state index in [0.717, 1.165) is 10.5 Å². The molecule has 1 aliphatic rings. The summed E-state index contributed by atoms with van der Waals surface area (Å²) < 4.78 is 16.1. The molecule has 1 atom stereocenters. The molecule has 0 aliphatic carbocycles. The van der Waals surface area contributed by atoms with Gasteiger partial charge in [0.15, 0.2) is 17.6 Å². The number of thioether (sulfide) groups is 1. The molecule has 1 N–H and O–H groups in total. The number of hydrogen-bond acceptors (Lipinski definition) is 6. The first-order valence-corrected chi connectivity index (χ1v) is 10.0. The second-order valence-electron chi connectivity index (χ2n) is 6.03. The minimum Gasteiger partial charge on any atom is -0.486 e. The van der Waals surface area contributed by atoms with Crippen LogP contribution in [0.25, 0.3) is 6.08 Å². The van der Waals surface area contributed by atoms with E-state index in [1.54, 1.807) is 36.0 Å². The fraction of sp³-hybridized carbons (Fsp3) is 0.238. The highest BCUT2D eigenvalue weighted by Crippen LogP contribution is 2.32. The van der Waals surface area contributed by atoms with Gasteiger partial charge in [0.25, 0.3) is 5.91 Å².